The molecule has 0 aliphatic rings. The summed E-state index contributed by atoms with van der Waals surface area (Å²) in [6.45, 7) is 0. The fraction of sp³-hybridized carbons (Fsp3) is 0. The molecular weight excluding hydrogens is 114 g/mol. The van der Waals surface area contributed by atoms with Gasteiger partial charge in [0.25, 0.3) is 0 Å². The Morgan fingerprint density at radius 3 is 3.44 bits per heavy atom. The maximum atomic E-state index is 3.80. The Balaban J connectivity index is 2.95. The topological polar surface area (TPSA) is 41.6 Å². The first kappa shape index (κ1) is 4.49. The van der Waals surface area contributed by atoms with E-state index < -0.39 is 0 Å². The minimum atomic E-state index is 0.789. The predicted molar refractivity (Wildman–Crippen MR) is 32.7 cm³/mol. The number of aromatic nitrogens is 3. The highest BCUT2D eigenvalue weighted by Gasteiger charge is 1.90. The van der Waals surface area contributed by atoms with Crippen molar-refractivity contribution in [2.45, 2.75) is 0 Å². The van der Waals surface area contributed by atoms with Crippen molar-refractivity contribution in [3.63, 3.8) is 0 Å². The van der Waals surface area contributed by atoms with Crippen molar-refractivity contribution in [3.05, 3.63) is 24.5 Å². The zero-order valence-electron chi connectivity index (χ0n) is 4.63. The molecular formula is C6H4N3. The summed E-state index contributed by atoms with van der Waals surface area (Å²) in [5.41, 5.74) is 0.789. The molecule has 43 valence electrons. The second-order valence-corrected chi connectivity index (χ2v) is 1.75. The largest absolute Gasteiger partial charge is 0.337 e. The first-order chi connectivity index (χ1) is 4.47. The fourth-order valence-electron chi connectivity index (χ4n) is 0.737. The van der Waals surface area contributed by atoms with Crippen LogP contribution in [-0.2, 0) is 0 Å². The smallest absolute Gasteiger partial charge is 0.160 e. The molecule has 2 heterocycles. The van der Waals surface area contributed by atoms with E-state index in [1.807, 2.05) is 12.1 Å². The van der Waals surface area contributed by atoms with Crippen LogP contribution in [0.5, 0.6) is 0 Å². The van der Waals surface area contributed by atoms with Crippen molar-refractivity contribution in [1.82, 2.24) is 15.2 Å². The number of nitrogens with zero attached hydrogens (tertiary/aromatic N) is 2. The van der Waals surface area contributed by atoms with Crippen LogP contribution in [0.4, 0.5) is 0 Å². The molecule has 0 bridgehead atoms. The Bertz CT molecular complexity index is 282. The maximum absolute atomic E-state index is 3.80. The summed E-state index contributed by atoms with van der Waals surface area (Å²) in [4.78, 5) is 2.82. The van der Waals surface area contributed by atoms with Gasteiger partial charge in [-0.15, -0.1) is 5.10 Å². The number of H-pyrrole nitrogens is 1. The molecule has 2 aromatic rings. The van der Waals surface area contributed by atoms with Gasteiger partial charge in [0, 0.05) is 5.39 Å². The molecule has 0 fully saturated rings. The zero-order valence-corrected chi connectivity index (χ0v) is 4.63. The number of hydrogen-bond donors (Lipinski definition) is 1. The van der Waals surface area contributed by atoms with Gasteiger partial charge in [-0.1, -0.05) is 0 Å². The molecule has 2 rings (SSSR count). The monoisotopic (exact) mass is 118 g/mol. The third kappa shape index (κ3) is 0.579. The Morgan fingerprint density at radius 1 is 1.56 bits per heavy atom. The third-order valence-electron chi connectivity index (χ3n) is 1.17. The second-order valence-electron chi connectivity index (χ2n) is 1.75. The van der Waals surface area contributed by atoms with Crippen LogP contribution in [-0.4, -0.2) is 15.2 Å². The minimum Gasteiger partial charge on any atom is -0.337 e. The third-order valence-corrected chi connectivity index (χ3v) is 1.17. The molecule has 0 saturated carbocycles. The predicted octanol–water partition coefficient (Wildman–Crippen LogP) is 0.758. The van der Waals surface area contributed by atoms with Crippen LogP contribution >= 0.6 is 0 Å². The van der Waals surface area contributed by atoms with E-state index in [-0.39, 0.29) is 0 Å². The first-order valence-corrected chi connectivity index (χ1v) is 2.63. The molecule has 0 aliphatic carbocycles. The summed E-state index contributed by atoms with van der Waals surface area (Å²) in [6.07, 6.45) is 4.47. The van der Waals surface area contributed by atoms with E-state index in [0.29, 0.717) is 0 Å². The summed E-state index contributed by atoms with van der Waals surface area (Å²) >= 11 is 0. The minimum absolute atomic E-state index is 0.789. The molecule has 9 heavy (non-hydrogen) atoms. The normalized spacial score (nSPS) is 10.2. The summed E-state index contributed by atoms with van der Waals surface area (Å²) in [7, 11) is 0. The number of nitrogens with one attached hydrogen (secondary N) is 1. The van der Waals surface area contributed by atoms with E-state index in [0.717, 1.165) is 11.0 Å². The van der Waals surface area contributed by atoms with Crippen LogP contribution in [0.2, 0.25) is 0 Å². The van der Waals surface area contributed by atoms with Gasteiger partial charge in [0.15, 0.2) is 5.65 Å². The van der Waals surface area contributed by atoms with Gasteiger partial charge in [-0.25, -0.2) is 0 Å². The van der Waals surface area contributed by atoms with Gasteiger partial charge in [-0.3, -0.25) is 0 Å². The van der Waals surface area contributed by atoms with Gasteiger partial charge in [-0.05, 0) is 12.1 Å². The molecule has 0 atom stereocenters. The molecule has 0 unspecified atom stereocenters. The van der Waals surface area contributed by atoms with Gasteiger partial charge in [-0.2, -0.15) is 5.10 Å². The van der Waals surface area contributed by atoms with Crippen molar-refractivity contribution in [1.29, 1.82) is 0 Å². The summed E-state index contributed by atoms with van der Waals surface area (Å²) < 4.78 is 0. The number of fused-ring (bicyclic) bond motifs is 1. The lowest BCUT2D eigenvalue weighted by Gasteiger charge is -1.81. The molecule has 2 aromatic heterocycles. The maximum Gasteiger partial charge on any atom is 0.160 e. The highest BCUT2D eigenvalue weighted by Crippen LogP contribution is 2.03. The van der Waals surface area contributed by atoms with Gasteiger partial charge >= 0.3 is 0 Å². The van der Waals surface area contributed by atoms with E-state index in [2.05, 4.69) is 21.4 Å². The molecule has 3 nitrogen and oxygen atoms in total. The number of aromatic amines is 1. The molecule has 3 heteroatoms. The van der Waals surface area contributed by atoms with Crippen molar-refractivity contribution in [3.8, 4) is 0 Å². The summed E-state index contributed by atoms with van der Waals surface area (Å²) in [6, 6.07) is 3.72. The van der Waals surface area contributed by atoms with Crippen LogP contribution in [0.3, 0.4) is 0 Å². The SMILES string of the molecule is [c]1cc2ccnnc2[nH]1. The van der Waals surface area contributed by atoms with Crippen molar-refractivity contribution < 1.29 is 0 Å². The van der Waals surface area contributed by atoms with Gasteiger partial charge < -0.3 is 4.98 Å². The van der Waals surface area contributed by atoms with Crippen molar-refractivity contribution in [2.24, 2.45) is 0 Å². The van der Waals surface area contributed by atoms with Crippen LogP contribution in [0, 0.1) is 6.20 Å². The van der Waals surface area contributed by atoms with Crippen LogP contribution < -0.4 is 0 Å². The fourth-order valence-corrected chi connectivity index (χ4v) is 0.737. The molecule has 1 radical (unpaired) electrons. The first-order valence-electron chi connectivity index (χ1n) is 2.63. The Morgan fingerprint density at radius 2 is 2.56 bits per heavy atom. The highest BCUT2D eigenvalue weighted by atomic mass is 15.1. The lowest BCUT2D eigenvalue weighted by molar-refractivity contribution is 1.06. The Hall–Kier alpha value is -1.38. The molecule has 1 N–H and O–H groups in total. The Labute approximate surface area is 51.7 Å². The molecule has 0 aliphatic heterocycles. The van der Waals surface area contributed by atoms with E-state index in [4.69, 9.17) is 0 Å². The summed E-state index contributed by atoms with van der Waals surface area (Å²) in [5, 5.41) is 8.53. The van der Waals surface area contributed by atoms with Crippen molar-refractivity contribution in [2.75, 3.05) is 0 Å². The van der Waals surface area contributed by atoms with Gasteiger partial charge in [0.1, 0.15) is 0 Å². The van der Waals surface area contributed by atoms with Crippen LogP contribution in [0.15, 0.2) is 18.3 Å². The van der Waals surface area contributed by atoms with Gasteiger partial charge in [0.05, 0.1) is 12.4 Å². The van der Waals surface area contributed by atoms with Crippen molar-refractivity contribution >= 4 is 11.0 Å². The highest BCUT2D eigenvalue weighted by molar-refractivity contribution is 5.73. The standard InChI is InChI=1S/C6H4N3/c1-3-7-6-5(1)2-4-8-9-6/h1-2,4H,(H,7,9). The zero-order chi connectivity index (χ0) is 6.10. The van der Waals surface area contributed by atoms with E-state index >= 15 is 0 Å². The second kappa shape index (κ2) is 1.55. The van der Waals surface area contributed by atoms with E-state index in [1.165, 1.54) is 0 Å². The Kier molecular flexibility index (Phi) is 0.773. The average Bonchev–Trinajstić information content (AvgIpc) is 2.33. The van der Waals surface area contributed by atoms with Gasteiger partial charge in [0.2, 0.25) is 0 Å². The quantitative estimate of drug-likeness (QED) is 0.554. The molecule has 0 amide bonds. The summed E-state index contributed by atoms with van der Waals surface area (Å²) in [5.74, 6) is 0. The number of hydrogen-bond acceptors (Lipinski definition) is 2. The van der Waals surface area contributed by atoms with E-state index in [9.17, 15) is 0 Å². The average molecular weight is 118 g/mol. The number of rotatable bonds is 0. The molecule has 0 spiro atoms. The van der Waals surface area contributed by atoms with E-state index in [1.54, 1.807) is 6.20 Å². The molecule has 0 saturated heterocycles. The van der Waals surface area contributed by atoms with Crippen LogP contribution in [0.25, 0.3) is 11.0 Å². The lowest BCUT2D eigenvalue weighted by atomic mass is 10.4. The lowest BCUT2D eigenvalue weighted by Crippen LogP contribution is -1.77. The van der Waals surface area contributed by atoms with Crippen LogP contribution in [0.1, 0.15) is 0 Å². The molecule has 0 aromatic carbocycles.